The van der Waals surface area contributed by atoms with Gasteiger partial charge in [-0.25, -0.2) is 9.67 Å². The summed E-state index contributed by atoms with van der Waals surface area (Å²) in [5, 5.41) is 15.8. The van der Waals surface area contributed by atoms with Crippen LogP contribution in [0.15, 0.2) is 55.1 Å². The molecule has 1 aliphatic rings. The van der Waals surface area contributed by atoms with E-state index in [9.17, 15) is 5.11 Å². The van der Waals surface area contributed by atoms with Gasteiger partial charge in [0.2, 0.25) is 0 Å². The van der Waals surface area contributed by atoms with Gasteiger partial charge in [-0.05, 0) is 36.6 Å². The van der Waals surface area contributed by atoms with Gasteiger partial charge in [0.1, 0.15) is 5.82 Å². The number of hydrogen-bond acceptors (Lipinski definition) is 5. The Bertz CT molecular complexity index is 842. The molecule has 6 nitrogen and oxygen atoms in total. The minimum Gasteiger partial charge on any atom is -0.385 e. The molecular weight excluding hydrogens is 338 g/mol. The Morgan fingerprint density at radius 3 is 2.44 bits per heavy atom. The van der Waals surface area contributed by atoms with Crippen molar-refractivity contribution in [2.75, 3.05) is 18.0 Å². The largest absolute Gasteiger partial charge is 0.385 e. The maximum Gasteiger partial charge on any atom is 0.173 e. The van der Waals surface area contributed by atoms with E-state index >= 15 is 0 Å². The molecule has 2 aromatic heterocycles. The predicted octanol–water partition coefficient (Wildman–Crippen LogP) is 2.80. The molecule has 4 rings (SSSR count). The van der Waals surface area contributed by atoms with E-state index in [1.165, 1.54) is 0 Å². The lowest BCUT2D eigenvalue weighted by Crippen LogP contribution is -2.43. The van der Waals surface area contributed by atoms with Gasteiger partial charge in [0, 0.05) is 30.5 Å². The molecule has 0 spiro atoms. The third kappa shape index (κ3) is 3.23. The average Bonchev–Trinajstić information content (AvgIpc) is 3.18. The zero-order chi connectivity index (χ0) is 17.3. The van der Waals surface area contributed by atoms with Crippen LogP contribution in [0.1, 0.15) is 18.4 Å². The van der Waals surface area contributed by atoms with Crippen LogP contribution in [0, 0.1) is 0 Å². The van der Waals surface area contributed by atoms with Crippen molar-refractivity contribution < 1.29 is 5.11 Å². The Balaban J connectivity index is 1.50. The highest BCUT2D eigenvalue weighted by Gasteiger charge is 2.34. The molecular formula is C18H18ClN5O. The summed E-state index contributed by atoms with van der Waals surface area (Å²) in [6.45, 7) is 1.41. The molecule has 3 aromatic rings. The number of rotatable bonds is 3. The molecule has 0 unspecified atom stereocenters. The molecule has 3 heterocycles. The minimum absolute atomic E-state index is 0.627. The van der Waals surface area contributed by atoms with Gasteiger partial charge < -0.3 is 10.0 Å². The van der Waals surface area contributed by atoms with Crippen molar-refractivity contribution in [1.82, 2.24) is 19.7 Å². The van der Waals surface area contributed by atoms with Crippen molar-refractivity contribution >= 4 is 17.4 Å². The Morgan fingerprint density at radius 2 is 1.76 bits per heavy atom. The van der Waals surface area contributed by atoms with Crippen molar-refractivity contribution in [3.63, 3.8) is 0 Å². The van der Waals surface area contributed by atoms with Crippen LogP contribution >= 0.6 is 11.6 Å². The minimum atomic E-state index is -0.825. The second-order valence-electron chi connectivity index (χ2n) is 6.21. The summed E-state index contributed by atoms with van der Waals surface area (Å²) in [6.07, 6.45) is 8.24. The van der Waals surface area contributed by atoms with Crippen molar-refractivity contribution in [2.24, 2.45) is 0 Å². The fourth-order valence-electron chi connectivity index (χ4n) is 3.17. The number of anilines is 1. The summed E-state index contributed by atoms with van der Waals surface area (Å²) in [5.74, 6) is 1.48. The SMILES string of the molecule is OC1(c2ccc(Cl)cc2)CCN(c2cncc(-n3cccn3)n2)CC1. The molecule has 0 saturated carbocycles. The van der Waals surface area contributed by atoms with Gasteiger partial charge in [0.05, 0.1) is 18.0 Å². The van der Waals surface area contributed by atoms with Crippen molar-refractivity contribution in [3.05, 3.63) is 65.7 Å². The van der Waals surface area contributed by atoms with E-state index < -0.39 is 5.60 Å². The fourth-order valence-corrected chi connectivity index (χ4v) is 3.29. The van der Waals surface area contributed by atoms with Crippen LogP contribution in [0.4, 0.5) is 5.82 Å². The summed E-state index contributed by atoms with van der Waals surface area (Å²) >= 11 is 5.94. The molecule has 0 aliphatic carbocycles. The van der Waals surface area contributed by atoms with E-state index in [1.54, 1.807) is 23.3 Å². The molecule has 1 N–H and O–H groups in total. The van der Waals surface area contributed by atoms with Gasteiger partial charge in [-0.2, -0.15) is 5.10 Å². The Kier molecular flexibility index (Phi) is 4.15. The number of hydrogen-bond donors (Lipinski definition) is 1. The summed E-state index contributed by atoms with van der Waals surface area (Å²) < 4.78 is 1.69. The topological polar surface area (TPSA) is 67.1 Å². The standard InChI is InChI=1S/C18H18ClN5O/c19-15-4-2-14(3-5-15)18(25)6-10-23(11-7-18)16-12-20-13-17(22-16)24-9-1-8-21-24/h1-5,8-9,12-13,25H,6-7,10-11H2. The molecule has 0 amide bonds. The lowest BCUT2D eigenvalue weighted by atomic mass is 9.84. The summed E-state index contributed by atoms with van der Waals surface area (Å²) in [6, 6.07) is 9.29. The average molecular weight is 356 g/mol. The Hall–Kier alpha value is -2.44. The molecule has 25 heavy (non-hydrogen) atoms. The molecule has 7 heteroatoms. The van der Waals surface area contributed by atoms with E-state index in [1.807, 2.05) is 36.5 Å². The lowest BCUT2D eigenvalue weighted by molar-refractivity contribution is 0.0116. The highest BCUT2D eigenvalue weighted by Crippen LogP contribution is 2.34. The van der Waals surface area contributed by atoms with E-state index in [-0.39, 0.29) is 0 Å². The van der Waals surface area contributed by atoms with Gasteiger partial charge in [0.25, 0.3) is 0 Å². The molecule has 128 valence electrons. The van der Waals surface area contributed by atoms with E-state index in [0.29, 0.717) is 36.8 Å². The Morgan fingerprint density at radius 1 is 1.04 bits per heavy atom. The van der Waals surface area contributed by atoms with Gasteiger partial charge >= 0.3 is 0 Å². The van der Waals surface area contributed by atoms with Crippen LogP contribution in [0.5, 0.6) is 0 Å². The van der Waals surface area contributed by atoms with Gasteiger partial charge in [-0.1, -0.05) is 23.7 Å². The first-order valence-electron chi connectivity index (χ1n) is 8.19. The van der Waals surface area contributed by atoms with E-state index in [0.717, 1.165) is 11.4 Å². The summed E-state index contributed by atoms with van der Waals surface area (Å²) in [4.78, 5) is 11.1. The third-order valence-corrected chi connectivity index (χ3v) is 4.90. The Labute approximate surface area is 150 Å². The zero-order valence-corrected chi connectivity index (χ0v) is 14.3. The van der Waals surface area contributed by atoms with Gasteiger partial charge in [-0.3, -0.25) is 4.98 Å². The predicted molar refractivity (Wildman–Crippen MR) is 95.9 cm³/mol. The molecule has 1 fully saturated rings. The molecule has 1 aromatic carbocycles. The smallest absolute Gasteiger partial charge is 0.173 e. The van der Waals surface area contributed by atoms with E-state index in [2.05, 4.69) is 20.0 Å². The maximum atomic E-state index is 11.0. The molecule has 1 saturated heterocycles. The zero-order valence-electron chi connectivity index (χ0n) is 13.6. The van der Waals surface area contributed by atoms with Crippen molar-refractivity contribution in [1.29, 1.82) is 0 Å². The molecule has 0 radical (unpaired) electrons. The molecule has 1 aliphatic heterocycles. The third-order valence-electron chi connectivity index (χ3n) is 4.64. The van der Waals surface area contributed by atoms with Gasteiger partial charge in [0.15, 0.2) is 5.82 Å². The maximum absolute atomic E-state index is 11.0. The summed E-state index contributed by atoms with van der Waals surface area (Å²) in [7, 11) is 0. The second-order valence-corrected chi connectivity index (χ2v) is 6.65. The highest BCUT2D eigenvalue weighted by atomic mass is 35.5. The van der Waals surface area contributed by atoms with Crippen LogP contribution in [-0.2, 0) is 5.60 Å². The van der Waals surface area contributed by atoms with E-state index in [4.69, 9.17) is 11.6 Å². The van der Waals surface area contributed by atoms with Crippen molar-refractivity contribution in [3.8, 4) is 5.82 Å². The lowest BCUT2D eigenvalue weighted by Gasteiger charge is -2.39. The van der Waals surface area contributed by atoms with Crippen LogP contribution in [0.25, 0.3) is 5.82 Å². The molecule has 0 atom stereocenters. The first-order chi connectivity index (χ1) is 12.1. The van der Waals surface area contributed by atoms with Crippen LogP contribution in [0.3, 0.4) is 0 Å². The van der Waals surface area contributed by atoms with Crippen molar-refractivity contribution in [2.45, 2.75) is 18.4 Å². The van der Waals surface area contributed by atoms with Crippen LogP contribution < -0.4 is 4.90 Å². The number of piperidine rings is 1. The first kappa shape index (κ1) is 16.1. The number of nitrogens with zero attached hydrogens (tertiary/aromatic N) is 5. The second kappa shape index (κ2) is 6.46. The number of aromatic nitrogens is 4. The molecule has 0 bridgehead atoms. The number of aliphatic hydroxyl groups is 1. The number of benzene rings is 1. The quantitative estimate of drug-likeness (QED) is 0.782. The number of halogens is 1. The first-order valence-corrected chi connectivity index (χ1v) is 8.57. The highest BCUT2D eigenvalue weighted by molar-refractivity contribution is 6.30. The fraction of sp³-hybridized carbons (Fsp3) is 0.278. The van der Waals surface area contributed by atoms with Crippen LogP contribution in [0.2, 0.25) is 5.02 Å². The summed E-state index contributed by atoms with van der Waals surface area (Å²) in [5.41, 5.74) is 0.0848. The monoisotopic (exact) mass is 355 g/mol. The van der Waals surface area contributed by atoms with Gasteiger partial charge in [-0.15, -0.1) is 0 Å². The van der Waals surface area contributed by atoms with Crippen LogP contribution in [-0.4, -0.2) is 37.9 Å². The normalized spacial score (nSPS) is 16.8.